The van der Waals surface area contributed by atoms with Crippen LogP contribution in [0.2, 0.25) is 0 Å². The van der Waals surface area contributed by atoms with Crippen molar-refractivity contribution in [3.63, 3.8) is 0 Å². The van der Waals surface area contributed by atoms with Crippen molar-refractivity contribution < 1.29 is 13.9 Å². The van der Waals surface area contributed by atoms with E-state index >= 15 is 0 Å². The number of nitrogens with zero attached hydrogens (tertiary/aromatic N) is 1. The highest BCUT2D eigenvalue weighted by Gasteiger charge is 2.18. The minimum Gasteiger partial charge on any atom is -0.497 e. The summed E-state index contributed by atoms with van der Waals surface area (Å²) < 4.78 is 17.6. The largest absolute Gasteiger partial charge is 0.497 e. The van der Waals surface area contributed by atoms with Crippen LogP contribution >= 0.6 is 11.8 Å². The molecule has 2 aromatic heterocycles. The maximum absolute atomic E-state index is 13.7. The van der Waals surface area contributed by atoms with E-state index in [2.05, 4.69) is 4.98 Å². The normalized spacial score (nSPS) is 10.9. The Hall–Kier alpha value is -4.03. The van der Waals surface area contributed by atoms with Gasteiger partial charge < -0.3 is 13.9 Å². The van der Waals surface area contributed by atoms with Crippen LogP contribution in [0, 0.1) is 0 Å². The van der Waals surface area contributed by atoms with Crippen molar-refractivity contribution in [1.29, 1.82) is 0 Å². The summed E-state index contributed by atoms with van der Waals surface area (Å²) in [5, 5.41) is 1.07. The van der Waals surface area contributed by atoms with Crippen molar-refractivity contribution in [3.05, 3.63) is 119 Å². The minimum absolute atomic E-state index is 0.0803. The van der Waals surface area contributed by atoms with E-state index in [9.17, 15) is 4.79 Å². The third kappa shape index (κ3) is 5.23. The van der Waals surface area contributed by atoms with Crippen molar-refractivity contribution in [2.24, 2.45) is 0 Å². The molecular formula is C29H23NO4S. The van der Waals surface area contributed by atoms with Gasteiger partial charge in [-0.05, 0) is 53.1 Å². The Kier molecular flexibility index (Phi) is 6.82. The van der Waals surface area contributed by atoms with E-state index < -0.39 is 0 Å². The van der Waals surface area contributed by atoms with Crippen LogP contribution in [0.4, 0.5) is 0 Å². The van der Waals surface area contributed by atoms with Crippen LogP contribution in [0.1, 0.15) is 11.1 Å². The number of thioether (sulfide) groups is 1. The fourth-order valence-electron chi connectivity index (χ4n) is 3.72. The van der Waals surface area contributed by atoms with Gasteiger partial charge >= 0.3 is 0 Å². The Morgan fingerprint density at radius 2 is 1.60 bits per heavy atom. The second kappa shape index (κ2) is 10.5. The second-order valence-electron chi connectivity index (χ2n) is 7.90. The van der Waals surface area contributed by atoms with E-state index in [0.717, 1.165) is 22.4 Å². The van der Waals surface area contributed by atoms with E-state index in [-0.39, 0.29) is 5.43 Å². The summed E-state index contributed by atoms with van der Waals surface area (Å²) >= 11 is 1.48. The summed E-state index contributed by atoms with van der Waals surface area (Å²) in [6, 6.07) is 26.7. The van der Waals surface area contributed by atoms with Gasteiger partial charge in [0.25, 0.3) is 0 Å². The highest BCUT2D eigenvalue weighted by molar-refractivity contribution is 7.98. The highest BCUT2D eigenvalue weighted by atomic mass is 32.2. The molecule has 3 aromatic carbocycles. The van der Waals surface area contributed by atoms with Gasteiger partial charge in [0.2, 0.25) is 5.43 Å². The topological polar surface area (TPSA) is 61.6 Å². The van der Waals surface area contributed by atoms with Crippen LogP contribution in [-0.2, 0) is 12.4 Å². The smallest absolute Gasteiger partial charge is 0.201 e. The maximum Gasteiger partial charge on any atom is 0.201 e. The zero-order chi connectivity index (χ0) is 24.0. The van der Waals surface area contributed by atoms with E-state index in [1.165, 1.54) is 11.8 Å². The molecular weight excluding hydrogens is 458 g/mol. The molecule has 35 heavy (non-hydrogen) atoms. The van der Waals surface area contributed by atoms with E-state index in [1.54, 1.807) is 31.6 Å². The SMILES string of the molecule is COc1ccc(-c2c(SCc3ccncc3)oc3cc(OCc4ccccc4)ccc3c2=O)cc1. The van der Waals surface area contributed by atoms with Gasteiger partial charge in [0, 0.05) is 24.2 Å². The first kappa shape index (κ1) is 22.7. The van der Waals surface area contributed by atoms with Crippen LogP contribution in [-0.4, -0.2) is 12.1 Å². The molecule has 0 aliphatic heterocycles. The number of hydrogen-bond acceptors (Lipinski definition) is 6. The molecule has 0 N–H and O–H groups in total. The quantitative estimate of drug-likeness (QED) is 0.229. The third-order valence-corrected chi connectivity index (χ3v) is 6.61. The number of rotatable bonds is 8. The van der Waals surface area contributed by atoms with Crippen LogP contribution in [0.15, 0.2) is 112 Å². The zero-order valence-corrected chi connectivity index (χ0v) is 20.0. The van der Waals surface area contributed by atoms with Gasteiger partial charge in [0.15, 0.2) is 5.09 Å². The van der Waals surface area contributed by atoms with Gasteiger partial charge in [-0.3, -0.25) is 9.78 Å². The number of methoxy groups -OCH3 is 1. The molecule has 0 aliphatic carbocycles. The second-order valence-corrected chi connectivity index (χ2v) is 8.85. The van der Waals surface area contributed by atoms with Crippen molar-refractivity contribution >= 4 is 22.7 Å². The van der Waals surface area contributed by atoms with Crippen LogP contribution < -0.4 is 14.9 Å². The molecule has 0 spiro atoms. The Balaban J connectivity index is 1.53. The highest BCUT2D eigenvalue weighted by Crippen LogP contribution is 2.35. The lowest BCUT2D eigenvalue weighted by molar-refractivity contribution is 0.306. The third-order valence-electron chi connectivity index (χ3n) is 5.58. The van der Waals surface area contributed by atoms with Crippen LogP contribution in [0.5, 0.6) is 11.5 Å². The first-order valence-corrected chi connectivity index (χ1v) is 12.1. The molecule has 0 fully saturated rings. The van der Waals surface area contributed by atoms with Crippen molar-refractivity contribution in [3.8, 4) is 22.6 Å². The van der Waals surface area contributed by atoms with Crippen molar-refractivity contribution in [1.82, 2.24) is 4.98 Å². The number of fused-ring (bicyclic) bond motifs is 1. The monoisotopic (exact) mass is 481 g/mol. The molecule has 5 nitrogen and oxygen atoms in total. The van der Waals surface area contributed by atoms with Gasteiger partial charge in [-0.15, -0.1) is 0 Å². The predicted molar refractivity (Wildman–Crippen MR) is 139 cm³/mol. The van der Waals surface area contributed by atoms with Crippen molar-refractivity contribution in [2.45, 2.75) is 17.5 Å². The molecule has 0 aliphatic rings. The maximum atomic E-state index is 13.7. The molecule has 5 rings (SSSR count). The number of pyridine rings is 1. The minimum atomic E-state index is -0.0803. The molecule has 174 valence electrons. The first-order valence-electron chi connectivity index (χ1n) is 11.1. The average molecular weight is 482 g/mol. The predicted octanol–water partition coefficient (Wildman–Crippen LogP) is 6.73. The zero-order valence-electron chi connectivity index (χ0n) is 19.1. The fourth-order valence-corrected chi connectivity index (χ4v) is 4.71. The van der Waals surface area contributed by atoms with Gasteiger partial charge in [-0.2, -0.15) is 0 Å². The average Bonchev–Trinajstić information content (AvgIpc) is 2.92. The van der Waals surface area contributed by atoms with E-state index in [4.69, 9.17) is 13.9 Å². The van der Waals surface area contributed by atoms with Gasteiger partial charge in [0.1, 0.15) is 23.7 Å². The summed E-state index contributed by atoms with van der Waals surface area (Å²) in [6.45, 7) is 0.435. The molecule has 0 saturated carbocycles. The van der Waals surface area contributed by atoms with Gasteiger partial charge in [-0.1, -0.05) is 54.2 Å². The molecule has 0 radical (unpaired) electrons. The Morgan fingerprint density at radius 3 is 2.34 bits per heavy atom. The molecule has 2 heterocycles. The van der Waals surface area contributed by atoms with Gasteiger partial charge in [0.05, 0.1) is 18.1 Å². The molecule has 5 aromatic rings. The first-order chi connectivity index (χ1) is 17.2. The Bertz CT molecular complexity index is 1480. The summed E-state index contributed by atoms with van der Waals surface area (Å²) in [6.07, 6.45) is 3.51. The summed E-state index contributed by atoms with van der Waals surface area (Å²) in [5.74, 6) is 2.02. The Morgan fingerprint density at radius 1 is 0.857 bits per heavy atom. The summed E-state index contributed by atoms with van der Waals surface area (Å²) in [4.78, 5) is 17.7. The molecule has 0 saturated heterocycles. The van der Waals surface area contributed by atoms with Crippen LogP contribution in [0.25, 0.3) is 22.1 Å². The number of aromatic nitrogens is 1. The van der Waals surface area contributed by atoms with E-state index in [1.807, 2.05) is 72.8 Å². The summed E-state index contributed by atoms with van der Waals surface area (Å²) in [5.41, 5.74) is 3.89. The number of ether oxygens (including phenoxy) is 2. The molecule has 0 atom stereocenters. The molecule has 0 unspecified atom stereocenters. The standard InChI is InChI=1S/C29H23NO4S/c1-32-23-9-7-22(8-10-23)27-28(31)25-12-11-24(33-18-20-5-3-2-4-6-20)17-26(25)34-29(27)35-19-21-13-15-30-16-14-21/h2-17H,18-19H2,1H3. The lowest BCUT2D eigenvalue weighted by atomic mass is 10.1. The molecule has 0 amide bonds. The van der Waals surface area contributed by atoms with Gasteiger partial charge in [-0.25, -0.2) is 0 Å². The van der Waals surface area contributed by atoms with E-state index in [0.29, 0.717) is 39.7 Å². The lowest BCUT2D eigenvalue weighted by Crippen LogP contribution is -2.07. The molecule has 6 heteroatoms. The Labute approximate surface area is 207 Å². The number of benzene rings is 3. The fraction of sp³-hybridized carbons (Fsp3) is 0.103. The van der Waals surface area contributed by atoms with Crippen LogP contribution in [0.3, 0.4) is 0 Å². The molecule has 0 bridgehead atoms. The lowest BCUT2D eigenvalue weighted by Gasteiger charge is -2.12. The van der Waals surface area contributed by atoms with Crippen molar-refractivity contribution in [2.75, 3.05) is 7.11 Å². The summed E-state index contributed by atoms with van der Waals surface area (Å²) in [7, 11) is 1.62. The number of hydrogen-bond donors (Lipinski definition) is 0.